The monoisotopic (exact) mass is 565 g/mol. The van der Waals surface area contributed by atoms with Crippen molar-refractivity contribution in [1.82, 2.24) is 5.32 Å². The van der Waals surface area contributed by atoms with E-state index in [1.165, 1.54) is 88.8 Å². The Morgan fingerprint density at radius 1 is 0.769 bits per heavy atom. The molecule has 0 aliphatic rings. The molecule has 226 valence electrons. The average Bonchev–Trinajstić information content (AvgIpc) is 2.95. The molecule has 0 spiro atoms. The SMILES string of the molecule is CCCCCCCCCCCCCC[C@@H](O)[C@@H](O)[C@H](CSc1ccccc1CO)NC(=O)CCCCCCC. The summed E-state index contributed by atoms with van der Waals surface area (Å²) in [5, 5.41) is 34.5. The first-order chi connectivity index (χ1) is 19.0. The fourth-order valence-electron chi connectivity index (χ4n) is 4.98. The molecule has 0 saturated carbocycles. The van der Waals surface area contributed by atoms with Crippen molar-refractivity contribution in [3.05, 3.63) is 29.8 Å². The molecule has 0 aromatic heterocycles. The Labute approximate surface area is 244 Å². The molecular formula is C33H59NO4S. The first-order valence-electron chi connectivity index (χ1n) is 16.0. The quantitative estimate of drug-likeness (QED) is 0.0676. The summed E-state index contributed by atoms with van der Waals surface area (Å²) in [7, 11) is 0. The number of nitrogens with one attached hydrogen (secondary N) is 1. The minimum Gasteiger partial charge on any atom is -0.392 e. The number of unbranched alkanes of at least 4 members (excludes halogenated alkanes) is 15. The lowest BCUT2D eigenvalue weighted by Gasteiger charge is -2.28. The van der Waals surface area contributed by atoms with Crippen LogP contribution in [0.15, 0.2) is 29.2 Å². The molecule has 0 heterocycles. The van der Waals surface area contributed by atoms with Gasteiger partial charge in [0.25, 0.3) is 0 Å². The van der Waals surface area contributed by atoms with Crippen LogP contribution in [-0.4, -0.2) is 45.2 Å². The summed E-state index contributed by atoms with van der Waals surface area (Å²) in [4.78, 5) is 13.6. The number of aliphatic hydroxyl groups is 3. The van der Waals surface area contributed by atoms with Crippen LogP contribution >= 0.6 is 11.8 Å². The summed E-state index contributed by atoms with van der Waals surface area (Å²) in [6.45, 7) is 4.38. The van der Waals surface area contributed by atoms with Gasteiger partial charge < -0.3 is 20.6 Å². The second-order valence-electron chi connectivity index (χ2n) is 11.2. The lowest BCUT2D eigenvalue weighted by molar-refractivity contribution is -0.123. The second kappa shape index (κ2) is 24.7. The summed E-state index contributed by atoms with van der Waals surface area (Å²) in [5.41, 5.74) is 0.829. The van der Waals surface area contributed by atoms with E-state index in [4.69, 9.17) is 0 Å². The van der Waals surface area contributed by atoms with Gasteiger partial charge in [0.1, 0.15) is 6.10 Å². The molecule has 0 fully saturated rings. The highest BCUT2D eigenvalue weighted by Gasteiger charge is 2.28. The summed E-state index contributed by atoms with van der Waals surface area (Å²) < 4.78 is 0. The van der Waals surface area contributed by atoms with Crippen LogP contribution in [0.2, 0.25) is 0 Å². The van der Waals surface area contributed by atoms with Gasteiger partial charge in [0.15, 0.2) is 0 Å². The number of carbonyl (C=O) groups excluding carboxylic acids is 1. The van der Waals surface area contributed by atoms with Crippen molar-refractivity contribution in [2.75, 3.05) is 5.75 Å². The van der Waals surface area contributed by atoms with Crippen molar-refractivity contribution < 1.29 is 20.1 Å². The molecule has 0 radical (unpaired) electrons. The van der Waals surface area contributed by atoms with Crippen molar-refractivity contribution in [3.8, 4) is 0 Å². The Kier molecular flexibility index (Phi) is 22.8. The van der Waals surface area contributed by atoms with E-state index in [2.05, 4.69) is 19.2 Å². The summed E-state index contributed by atoms with van der Waals surface area (Å²) in [6.07, 6.45) is 19.6. The highest BCUT2D eigenvalue weighted by molar-refractivity contribution is 7.99. The van der Waals surface area contributed by atoms with Gasteiger partial charge in [-0.15, -0.1) is 11.8 Å². The number of hydrogen-bond acceptors (Lipinski definition) is 5. The first-order valence-corrected chi connectivity index (χ1v) is 17.0. The molecule has 39 heavy (non-hydrogen) atoms. The van der Waals surface area contributed by atoms with E-state index in [0.717, 1.165) is 42.6 Å². The predicted octanol–water partition coefficient (Wildman–Crippen LogP) is 7.93. The molecule has 0 saturated heterocycles. The molecule has 0 aliphatic heterocycles. The molecule has 0 bridgehead atoms. The van der Waals surface area contributed by atoms with Crippen molar-refractivity contribution >= 4 is 17.7 Å². The van der Waals surface area contributed by atoms with Gasteiger partial charge in [-0.1, -0.05) is 135 Å². The van der Waals surface area contributed by atoms with E-state index < -0.39 is 18.2 Å². The Morgan fingerprint density at radius 2 is 1.28 bits per heavy atom. The fraction of sp³-hybridized carbons (Fsp3) is 0.788. The van der Waals surface area contributed by atoms with E-state index in [-0.39, 0.29) is 12.5 Å². The van der Waals surface area contributed by atoms with Gasteiger partial charge in [0.05, 0.1) is 18.8 Å². The van der Waals surface area contributed by atoms with Gasteiger partial charge >= 0.3 is 0 Å². The molecule has 1 aromatic rings. The average molecular weight is 566 g/mol. The molecule has 1 rings (SSSR count). The Bertz CT molecular complexity index is 717. The third-order valence-corrected chi connectivity index (χ3v) is 8.81. The zero-order valence-electron chi connectivity index (χ0n) is 25.0. The molecule has 6 heteroatoms. The molecule has 1 aromatic carbocycles. The lowest BCUT2D eigenvalue weighted by atomic mass is 9.99. The summed E-state index contributed by atoms with van der Waals surface area (Å²) >= 11 is 1.50. The van der Waals surface area contributed by atoms with Crippen LogP contribution < -0.4 is 5.32 Å². The topological polar surface area (TPSA) is 89.8 Å². The molecular weight excluding hydrogens is 506 g/mol. The second-order valence-corrected chi connectivity index (χ2v) is 12.2. The van der Waals surface area contributed by atoms with Crippen LogP contribution in [-0.2, 0) is 11.4 Å². The van der Waals surface area contributed by atoms with Crippen LogP contribution in [0, 0.1) is 0 Å². The zero-order chi connectivity index (χ0) is 28.6. The summed E-state index contributed by atoms with van der Waals surface area (Å²) in [6, 6.07) is 7.09. The van der Waals surface area contributed by atoms with Crippen molar-refractivity contribution in [3.63, 3.8) is 0 Å². The van der Waals surface area contributed by atoms with E-state index in [1.807, 2.05) is 24.3 Å². The summed E-state index contributed by atoms with van der Waals surface area (Å²) in [5.74, 6) is 0.374. The Balaban J connectivity index is 2.44. The van der Waals surface area contributed by atoms with Gasteiger partial charge in [-0.2, -0.15) is 0 Å². The maximum atomic E-state index is 12.7. The largest absolute Gasteiger partial charge is 0.392 e. The third kappa shape index (κ3) is 18.1. The van der Waals surface area contributed by atoms with E-state index in [9.17, 15) is 20.1 Å². The number of aliphatic hydroxyl groups excluding tert-OH is 3. The lowest BCUT2D eigenvalue weighted by Crippen LogP contribution is -2.50. The van der Waals surface area contributed by atoms with Gasteiger partial charge in [-0.3, -0.25) is 4.79 Å². The number of thioether (sulfide) groups is 1. The molecule has 5 nitrogen and oxygen atoms in total. The standard InChI is InChI=1S/C33H59NO4S/c1-3-5-7-9-10-11-12-13-14-15-17-18-23-30(36)33(38)29(34-32(37)25-19-16-8-6-4-2)27-39-31-24-21-20-22-28(31)26-35/h20-22,24,29-30,33,35-36,38H,3-19,23,25-27H2,1-2H3,(H,34,37)/t29-,30+,33-/m0/s1. The highest BCUT2D eigenvalue weighted by atomic mass is 32.2. The minimum atomic E-state index is -1.02. The van der Waals surface area contributed by atoms with Crippen LogP contribution in [0.5, 0.6) is 0 Å². The predicted molar refractivity (Wildman–Crippen MR) is 166 cm³/mol. The van der Waals surface area contributed by atoms with Crippen molar-refractivity contribution in [2.24, 2.45) is 0 Å². The van der Waals surface area contributed by atoms with E-state index in [1.54, 1.807) is 0 Å². The fourth-order valence-corrected chi connectivity index (χ4v) is 6.11. The van der Waals surface area contributed by atoms with Gasteiger partial charge in [-0.05, 0) is 24.5 Å². The van der Waals surface area contributed by atoms with Crippen LogP contribution in [0.1, 0.15) is 141 Å². The smallest absolute Gasteiger partial charge is 0.220 e. The highest BCUT2D eigenvalue weighted by Crippen LogP contribution is 2.25. The third-order valence-electron chi connectivity index (χ3n) is 7.58. The molecule has 3 atom stereocenters. The normalized spacial score (nSPS) is 13.8. The molecule has 1 amide bonds. The Morgan fingerprint density at radius 3 is 1.85 bits per heavy atom. The van der Waals surface area contributed by atoms with Crippen LogP contribution in [0.3, 0.4) is 0 Å². The van der Waals surface area contributed by atoms with Crippen LogP contribution in [0.25, 0.3) is 0 Å². The number of hydrogen-bond donors (Lipinski definition) is 4. The molecule has 0 unspecified atom stereocenters. The van der Waals surface area contributed by atoms with Crippen LogP contribution in [0.4, 0.5) is 0 Å². The maximum Gasteiger partial charge on any atom is 0.220 e. The van der Waals surface area contributed by atoms with E-state index >= 15 is 0 Å². The molecule has 0 aliphatic carbocycles. The van der Waals surface area contributed by atoms with E-state index in [0.29, 0.717) is 18.6 Å². The number of amides is 1. The van der Waals surface area contributed by atoms with Crippen molar-refractivity contribution in [1.29, 1.82) is 0 Å². The Hall–Kier alpha value is -1.08. The number of benzene rings is 1. The van der Waals surface area contributed by atoms with Crippen molar-refractivity contribution in [2.45, 2.75) is 166 Å². The first kappa shape index (κ1) is 35.9. The minimum absolute atomic E-state index is 0.0535. The van der Waals surface area contributed by atoms with Gasteiger partial charge in [-0.25, -0.2) is 0 Å². The number of carbonyl (C=O) groups is 1. The van der Waals surface area contributed by atoms with Gasteiger partial charge in [0, 0.05) is 17.1 Å². The maximum absolute atomic E-state index is 12.7. The number of rotatable bonds is 26. The zero-order valence-corrected chi connectivity index (χ0v) is 25.9. The van der Waals surface area contributed by atoms with Gasteiger partial charge in [0.2, 0.25) is 5.91 Å². The molecule has 4 N–H and O–H groups in total.